The number of aryl methyl sites for hydroxylation is 1. The van der Waals surface area contributed by atoms with E-state index in [1.54, 1.807) is 30.4 Å². The van der Waals surface area contributed by atoms with E-state index in [4.69, 9.17) is 11.6 Å². The Morgan fingerprint density at radius 2 is 2.05 bits per heavy atom. The minimum absolute atomic E-state index is 0.286. The quantitative estimate of drug-likeness (QED) is 0.885. The van der Waals surface area contributed by atoms with E-state index in [2.05, 4.69) is 10.0 Å². The lowest BCUT2D eigenvalue weighted by Crippen LogP contribution is -2.19. The van der Waals surface area contributed by atoms with Gasteiger partial charge >= 0.3 is 0 Å². The predicted octanol–water partition coefficient (Wildman–Crippen LogP) is 3.23. The second-order valence-corrected chi connectivity index (χ2v) is 7.56. The van der Waals surface area contributed by atoms with Crippen LogP contribution in [0.2, 0.25) is 5.02 Å². The van der Waals surface area contributed by atoms with Crippen molar-refractivity contribution in [3.63, 3.8) is 0 Å². The molecular weight excluding hydrogens is 316 g/mol. The molecule has 1 aromatic carbocycles. The molecular formula is C13H15ClN2O2S2. The van der Waals surface area contributed by atoms with E-state index >= 15 is 0 Å². The van der Waals surface area contributed by atoms with Crippen LogP contribution in [0.25, 0.3) is 0 Å². The molecule has 0 fully saturated rings. The highest BCUT2D eigenvalue weighted by Crippen LogP contribution is 2.23. The van der Waals surface area contributed by atoms with Crippen molar-refractivity contribution in [1.29, 1.82) is 0 Å². The molecule has 0 aliphatic rings. The fraction of sp³-hybridized carbons (Fsp3) is 0.231. The highest BCUT2D eigenvalue weighted by atomic mass is 35.5. The summed E-state index contributed by atoms with van der Waals surface area (Å²) in [6.45, 7) is 2.38. The Morgan fingerprint density at radius 3 is 2.65 bits per heavy atom. The van der Waals surface area contributed by atoms with Crippen LogP contribution >= 0.6 is 22.9 Å². The smallest absolute Gasteiger partial charge is 0.240 e. The summed E-state index contributed by atoms with van der Waals surface area (Å²) in [4.78, 5) is 1.38. The van der Waals surface area contributed by atoms with Crippen LogP contribution in [0.1, 0.15) is 10.4 Å². The number of nitrogens with one attached hydrogen (secondary N) is 2. The van der Waals surface area contributed by atoms with Gasteiger partial charge in [-0.3, -0.25) is 0 Å². The van der Waals surface area contributed by atoms with Crippen molar-refractivity contribution >= 4 is 38.6 Å². The maximum atomic E-state index is 11.9. The molecule has 0 aliphatic carbocycles. The summed E-state index contributed by atoms with van der Waals surface area (Å²) in [6.07, 6.45) is 0. The number of halogens is 1. The van der Waals surface area contributed by atoms with Crippen LogP contribution < -0.4 is 10.0 Å². The van der Waals surface area contributed by atoms with Gasteiger partial charge in [0.1, 0.15) is 0 Å². The summed E-state index contributed by atoms with van der Waals surface area (Å²) in [5.41, 5.74) is 1.47. The lowest BCUT2D eigenvalue weighted by molar-refractivity contribution is 0.587. The normalized spacial score (nSPS) is 11.6. The second kappa shape index (κ2) is 6.13. The SMILES string of the molecule is CNS(=O)(=O)c1cc(NCc2cc(Cl)cs2)ccc1C. The van der Waals surface area contributed by atoms with Gasteiger partial charge in [-0.1, -0.05) is 17.7 Å². The third-order valence-corrected chi connectivity index (χ3v) is 5.68. The summed E-state index contributed by atoms with van der Waals surface area (Å²) in [7, 11) is -2.03. The first kappa shape index (κ1) is 15.3. The Labute approximate surface area is 127 Å². The van der Waals surface area contributed by atoms with Crippen molar-refractivity contribution in [3.8, 4) is 0 Å². The average molecular weight is 331 g/mol. The molecule has 2 rings (SSSR count). The number of thiophene rings is 1. The zero-order valence-corrected chi connectivity index (χ0v) is 13.5. The summed E-state index contributed by atoms with van der Waals surface area (Å²) >= 11 is 7.42. The Morgan fingerprint density at radius 1 is 1.30 bits per heavy atom. The number of hydrogen-bond acceptors (Lipinski definition) is 4. The standard InChI is InChI=1S/C13H15ClN2O2S2/c1-9-3-4-11(6-13(9)20(17,18)15-2)16-7-12-5-10(14)8-19-12/h3-6,8,15-16H,7H2,1-2H3. The number of anilines is 1. The second-order valence-electron chi connectivity index (χ2n) is 4.27. The molecule has 0 saturated heterocycles. The lowest BCUT2D eigenvalue weighted by atomic mass is 10.2. The first-order valence-electron chi connectivity index (χ1n) is 5.93. The van der Waals surface area contributed by atoms with Crippen molar-refractivity contribution in [1.82, 2.24) is 4.72 Å². The molecule has 2 N–H and O–H groups in total. The third-order valence-electron chi connectivity index (χ3n) is 2.83. The predicted molar refractivity (Wildman–Crippen MR) is 84.1 cm³/mol. The number of sulfonamides is 1. The molecule has 0 amide bonds. The molecule has 108 valence electrons. The van der Waals surface area contributed by atoms with Crippen molar-refractivity contribution in [3.05, 3.63) is 45.1 Å². The fourth-order valence-corrected chi connectivity index (χ4v) is 3.75. The molecule has 0 bridgehead atoms. The van der Waals surface area contributed by atoms with E-state index < -0.39 is 10.0 Å². The van der Waals surface area contributed by atoms with Gasteiger partial charge in [-0.15, -0.1) is 11.3 Å². The van der Waals surface area contributed by atoms with Crippen molar-refractivity contribution in [2.75, 3.05) is 12.4 Å². The van der Waals surface area contributed by atoms with Crippen LogP contribution in [0.4, 0.5) is 5.69 Å². The van der Waals surface area contributed by atoms with Gasteiger partial charge in [0.2, 0.25) is 10.0 Å². The van der Waals surface area contributed by atoms with Crippen LogP contribution in [0.3, 0.4) is 0 Å². The third kappa shape index (κ3) is 3.52. The summed E-state index contributed by atoms with van der Waals surface area (Å²) in [6, 6.07) is 7.17. The summed E-state index contributed by atoms with van der Waals surface area (Å²) in [5, 5.41) is 5.78. The van der Waals surface area contributed by atoms with Gasteiger partial charge in [0, 0.05) is 22.5 Å². The highest BCUT2D eigenvalue weighted by Gasteiger charge is 2.14. The molecule has 20 heavy (non-hydrogen) atoms. The number of benzene rings is 1. The van der Waals surface area contributed by atoms with Crippen molar-refractivity contribution in [2.24, 2.45) is 0 Å². The minimum atomic E-state index is -3.44. The maximum Gasteiger partial charge on any atom is 0.240 e. The molecule has 0 spiro atoms. The molecule has 1 aromatic heterocycles. The molecule has 0 radical (unpaired) electrons. The van der Waals surface area contributed by atoms with Crippen LogP contribution in [-0.4, -0.2) is 15.5 Å². The topological polar surface area (TPSA) is 58.2 Å². The van der Waals surface area contributed by atoms with Crippen LogP contribution in [0.5, 0.6) is 0 Å². The van der Waals surface area contributed by atoms with Gasteiger partial charge in [0.15, 0.2) is 0 Å². The van der Waals surface area contributed by atoms with Gasteiger partial charge in [0.05, 0.1) is 9.92 Å². The van der Waals surface area contributed by atoms with Crippen molar-refractivity contribution < 1.29 is 8.42 Å². The van der Waals surface area contributed by atoms with Gasteiger partial charge in [0.25, 0.3) is 0 Å². The molecule has 1 heterocycles. The van der Waals surface area contributed by atoms with Crippen LogP contribution in [0, 0.1) is 6.92 Å². The van der Waals surface area contributed by atoms with E-state index in [1.807, 2.05) is 17.5 Å². The lowest BCUT2D eigenvalue weighted by Gasteiger charge is -2.10. The molecule has 4 nitrogen and oxygen atoms in total. The molecule has 0 atom stereocenters. The Kier molecular flexibility index (Phi) is 4.70. The molecule has 7 heteroatoms. The molecule has 2 aromatic rings. The first-order valence-corrected chi connectivity index (χ1v) is 8.67. The Hall–Kier alpha value is -1.08. The average Bonchev–Trinajstić information content (AvgIpc) is 2.83. The highest BCUT2D eigenvalue weighted by molar-refractivity contribution is 7.89. The molecule has 0 unspecified atom stereocenters. The van der Waals surface area contributed by atoms with Gasteiger partial charge < -0.3 is 5.32 Å². The van der Waals surface area contributed by atoms with Gasteiger partial charge in [-0.2, -0.15) is 0 Å². The summed E-state index contributed by atoms with van der Waals surface area (Å²) < 4.78 is 26.1. The first-order chi connectivity index (χ1) is 9.42. The van der Waals surface area contributed by atoms with Gasteiger partial charge in [-0.25, -0.2) is 13.1 Å². The largest absolute Gasteiger partial charge is 0.380 e. The number of hydrogen-bond donors (Lipinski definition) is 2. The maximum absolute atomic E-state index is 11.9. The van der Waals surface area contributed by atoms with E-state index in [-0.39, 0.29) is 4.90 Å². The minimum Gasteiger partial charge on any atom is -0.380 e. The van der Waals surface area contributed by atoms with Crippen molar-refractivity contribution in [2.45, 2.75) is 18.4 Å². The monoisotopic (exact) mass is 330 g/mol. The fourth-order valence-electron chi connectivity index (χ4n) is 1.75. The van der Waals surface area contributed by atoms with E-state index in [9.17, 15) is 8.42 Å². The Bertz CT molecular complexity index is 711. The summed E-state index contributed by atoms with van der Waals surface area (Å²) in [5.74, 6) is 0. The van der Waals surface area contributed by atoms with E-state index in [1.165, 1.54) is 7.05 Å². The van der Waals surface area contributed by atoms with E-state index in [0.29, 0.717) is 17.1 Å². The zero-order valence-electron chi connectivity index (χ0n) is 11.1. The van der Waals surface area contributed by atoms with Crippen LogP contribution in [0.15, 0.2) is 34.5 Å². The Balaban J connectivity index is 2.19. The number of rotatable bonds is 5. The zero-order chi connectivity index (χ0) is 14.8. The van der Waals surface area contributed by atoms with Gasteiger partial charge in [-0.05, 0) is 37.7 Å². The van der Waals surface area contributed by atoms with Crippen LogP contribution in [-0.2, 0) is 16.6 Å². The molecule has 0 saturated carbocycles. The molecule has 0 aliphatic heterocycles. The van der Waals surface area contributed by atoms with E-state index in [0.717, 1.165) is 10.6 Å².